The van der Waals surface area contributed by atoms with Gasteiger partial charge in [-0.3, -0.25) is 4.90 Å². The maximum absolute atomic E-state index is 12.4. The molecule has 1 aromatic heterocycles. The van der Waals surface area contributed by atoms with Gasteiger partial charge in [-0.25, -0.2) is 9.59 Å². The molecule has 8 nitrogen and oxygen atoms in total. The van der Waals surface area contributed by atoms with Crippen LogP contribution in [0.25, 0.3) is 0 Å². The Morgan fingerprint density at radius 1 is 1.27 bits per heavy atom. The highest BCUT2D eigenvalue weighted by atomic mass is 19.4. The van der Waals surface area contributed by atoms with Crippen molar-refractivity contribution in [1.82, 2.24) is 14.7 Å². The highest BCUT2D eigenvalue weighted by molar-refractivity contribution is 5.74. The summed E-state index contributed by atoms with van der Waals surface area (Å²) >= 11 is 0. The minimum absolute atomic E-state index is 0.0884. The number of urea groups is 1. The molecule has 0 spiro atoms. The number of fused-ring (bicyclic) bond motifs is 1. The molecule has 3 atom stereocenters. The number of carboxylic acid groups (broad SMARTS) is 1. The van der Waals surface area contributed by atoms with Crippen LogP contribution in [0.3, 0.4) is 0 Å². The molecule has 30 heavy (non-hydrogen) atoms. The van der Waals surface area contributed by atoms with Crippen molar-refractivity contribution in [2.75, 3.05) is 40.8 Å². The first-order valence-electron chi connectivity index (χ1n) is 9.61. The van der Waals surface area contributed by atoms with Crippen molar-refractivity contribution in [1.29, 1.82) is 0 Å². The fourth-order valence-corrected chi connectivity index (χ4v) is 3.77. The number of aliphatic carboxylic acids is 1. The monoisotopic (exact) mass is 435 g/mol. The summed E-state index contributed by atoms with van der Waals surface area (Å²) in [4.78, 5) is 27.2. The fourth-order valence-electron chi connectivity index (χ4n) is 3.77. The van der Waals surface area contributed by atoms with Crippen molar-refractivity contribution in [2.45, 2.75) is 37.7 Å². The molecule has 11 heteroatoms. The van der Waals surface area contributed by atoms with Gasteiger partial charge in [-0.15, -0.1) is 0 Å². The summed E-state index contributed by atoms with van der Waals surface area (Å²) in [7, 11) is 5.71. The lowest BCUT2D eigenvalue weighted by Gasteiger charge is -2.48. The first-order valence-corrected chi connectivity index (χ1v) is 9.61. The number of rotatable bonds is 3. The zero-order valence-electron chi connectivity index (χ0n) is 17.3. The molecule has 0 saturated carbocycles. The second kappa shape index (κ2) is 10.2. The number of likely N-dealkylation sites (N-methyl/N-ethyl adjacent to an activating group) is 1. The van der Waals surface area contributed by atoms with Crippen LogP contribution < -0.4 is 0 Å². The lowest BCUT2D eigenvalue weighted by atomic mass is 9.85. The Balaban J connectivity index is 0.000000396. The number of hydrogen-bond acceptors (Lipinski definition) is 5. The van der Waals surface area contributed by atoms with Gasteiger partial charge in [-0.1, -0.05) is 0 Å². The summed E-state index contributed by atoms with van der Waals surface area (Å²) in [6.45, 7) is 3.06. The number of nitrogens with zero attached hydrogens (tertiary/aromatic N) is 3. The number of amides is 2. The van der Waals surface area contributed by atoms with Gasteiger partial charge in [0.2, 0.25) is 0 Å². The molecule has 0 aliphatic carbocycles. The quantitative estimate of drug-likeness (QED) is 0.785. The zero-order chi connectivity index (χ0) is 22.5. The van der Waals surface area contributed by atoms with Crippen LogP contribution in [-0.4, -0.2) is 91.0 Å². The molecule has 1 N–H and O–H groups in total. The number of carbonyl (C=O) groups is 2. The lowest BCUT2D eigenvalue weighted by Crippen LogP contribution is -2.62. The molecule has 3 rings (SSSR count). The van der Waals surface area contributed by atoms with Crippen molar-refractivity contribution in [3.05, 3.63) is 24.2 Å². The second-order valence-electron chi connectivity index (χ2n) is 7.68. The Kier molecular flexibility index (Phi) is 8.13. The van der Waals surface area contributed by atoms with Gasteiger partial charge < -0.3 is 24.1 Å². The van der Waals surface area contributed by atoms with E-state index in [1.165, 1.54) is 0 Å². The summed E-state index contributed by atoms with van der Waals surface area (Å²) in [6, 6.07) is 4.18. The zero-order valence-corrected chi connectivity index (χ0v) is 17.3. The van der Waals surface area contributed by atoms with Gasteiger partial charge in [-0.2, -0.15) is 13.2 Å². The van der Waals surface area contributed by atoms with Gasteiger partial charge in [0.25, 0.3) is 0 Å². The molecule has 2 aliphatic rings. The Morgan fingerprint density at radius 2 is 1.93 bits per heavy atom. The van der Waals surface area contributed by atoms with Crippen molar-refractivity contribution >= 4 is 12.0 Å². The van der Waals surface area contributed by atoms with E-state index in [9.17, 15) is 18.0 Å². The van der Waals surface area contributed by atoms with Gasteiger partial charge in [0.05, 0.1) is 25.0 Å². The van der Waals surface area contributed by atoms with Crippen LogP contribution in [-0.2, 0) is 16.1 Å². The van der Waals surface area contributed by atoms with Crippen molar-refractivity contribution in [3.63, 3.8) is 0 Å². The summed E-state index contributed by atoms with van der Waals surface area (Å²) < 4.78 is 43.3. The Hall–Kier alpha value is -2.27. The number of carbonyl (C=O) groups excluding carboxylic acids is 1. The molecule has 2 fully saturated rings. The van der Waals surface area contributed by atoms with E-state index < -0.39 is 12.1 Å². The van der Waals surface area contributed by atoms with Gasteiger partial charge >= 0.3 is 18.2 Å². The van der Waals surface area contributed by atoms with E-state index in [2.05, 4.69) is 11.9 Å². The van der Waals surface area contributed by atoms with Crippen LogP contribution in [0.1, 0.15) is 18.6 Å². The third-order valence-electron chi connectivity index (χ3n) is 5.18. The van der Waals surface area contributed by atoms with Gasteiger partial charge in [0.1, 0.15) is 5.76 Å². The average molecular weight is 435 g/mol. The SMILES string of the molecule is CN(C)C(=O)N1C[C@@H]2CCCO[C@@H]2[C@H](N(C)Cc2ccco2)C1.O=C(O)C(F)(F)F. The summed E-state index contributed by atoms with van der Waals surface area (Å²) in [5.74, 6) is -1.39. The number of ether oxygens (including phenoxy) is 1. The van der Waals surface area contributed by atoms with Crippen LogP contribution in [0.15, 0.2) is 22.8 Å². The molecule has 2 saturated heterocycles. The maximum atomic E-state index is 12.4. The normalized spacial score (nSPS) is 24.0. The highest BCUT2D eigenvalue weighted by Gasteiger charge is 2.42. The van der Waals surface area contributed by atoms with Gasteiger partial charge in [0, 0.05) is 39.7 Å². The smallest absolute Gasteiger partial charge is 0.475 e. The first-order chi connectivity index (χ1) is 14.0. The van der Waals surface area contributed by atoms with E-state index in [4.69, 9.17) is 19.1 Å². The maximum Gasteiger partial charge on any atom is 0.490 e. The molecule has 0 bridgehead atoms. The average Bonchev–Trinajstić information content (AvgIpc) is 3.19. The van der Waals surface area contributed by atoms with E-state index in [0.29, 0.717) is 12.5 Å². The van der Waals surface area contributed by atoms with Crippen LogP contribution in [0, 0.1) is 5.92 Å². The summed E-state index contributed by atoms with van der Waals surface area (Å²) in [5, 5.41) is 7.12. The minimum atomic E-state index is -5.08. The number of alkyl halides is 3. The Morgan fingerprint density at radius 3 is 2.47 bits per heavy atom. The summed E-state index contributed by atoms with van der Waals surface area (Å²) in [6.07, 6.45) is -0.964. The fraction of sp³-hybridized carbons (Fsp3) is 0.684. The molecule has 0 unspecified atom stereocenters. The molecule has 2 aliphatic heterocycles. The van der Waals surface area contributed by atoms with E-state index in [-0.39, 0.29) is 18.2 Å². The van der Waals surface area contributed by atoms with Gasteiger partial charge in [-0.05, 0) is 32.0 Å². The molecular weight excluding hydrogens is 407 g/mol. The van der Waals surface area contributed by atoms with E-state index >= 15 is 0 Å². The number of hydrogen-bond donors (Lipinski definition) is 1. The van der Waals surface area contributed by atoms with Crippen LogP contribution >= 0.6 is 0 Å². The standard InChI is InChI=1S/C17H27N3O3.C2HF3O2/c1-18(2)17(21)20-10-13-6-4-9-23-16(13)15(12-20)19(3)11-14-7-5-8-22-14;3-2(4,5)1(6)7/h5,7-8,13,15-16H,4,6,9-12H2,1-3H3;(H,6,7)/t13-,15+,16-;/m0./s1. The number of piperidine rings is 1. The third-order valence-corrected chi connectivity index (χ3v) is 5.18. The minimum Gasteiger partial charge on any atom is -0.475 e. The molecule has 0 radical (unpaired) electrons. The molecular formula is C19H28F3N3O5. The van der Waals surface area contributed by atoms with Crippen molar-refractivity contribution < 1.29 is 37.0 Å². The van der Waals surface area contributed by atoms with Crippen LogP contribution in [0.5, 0.6) is 0 Å². The van der Waals surface area contributed by atoms with E-state index in [1.54, 1.807) is 11.2 Å². The predicted octanol–water partition coefficient (Wildman–Crippen LogP) is 2.51. The number of halogens is 3. The van der Waals surface area contributed by atoms with E-state index in [1.807, 2.05) is 31.1 Å². The first kappa shape index (κ1) is 24.0. The predicted molar refractivity (Wildman–Crippen MR) is 101 cm³/mol. The second-order valence-corrected chi connectivity index (χ2v) is 7.68. The van der Waals surface area contributed by atoms with Crippen molar-refractivity contribution in [3.8, 4) is 0 Å². The summed E-state index contributed by atoms with van der Waals surface area (Å²) in [5.41, 5.74) is 0. The topological polar surface area (TPSA) is 86.5 Å². The Labute approximate surface area is 173 Å². The molecule has 170 valence electrons. The lowest BCUT2D eigenvalue weighted by molar-refractivity contribution is -0.192. The number of carboxylic acids is 1. The van der Waals surface area contributed by atoms with Crippen LogP contribution in [0.4, 0.5) is 18.0 Å². The molecule has 2 amide bonds. The third kappa shape index (κ3) is 6.36. The molecule has 1 aromatic rings. The Bertz CT molecular complexity index is 696. The molecule has 0 aromatic carbocycles. The van der Waals surface area contributed by atoms with E-state index in [0.717, 1.165) is 38.3 Å². The number of furan rings is 1. The molecule has 3 heterocycles. The van der Waals surface area contributed by atoms with Crippen molar-refractivity contribution in [2.24, 2.45) is 5.92 Å². The van der Waals surface area contributed by atoms with Crippen LogP contribution in [0.2, 0.25) is 0 Å². The highest BCUT2D eigenvalue weighted by Crippen LogP contribution is 2.31. The largest absolute Gasteiger partial charge is 0.490 e. The van der Waals surface area contributed by atoms with Gasteiger partial charge in [0.15, 0.2) is 0 Å². The number of likely N-dealkylation sites (tertiary alicyclic amines) is 1.